The second kappa shape index (κ2) is 16.0. The van der Waals surface area contributed by atoms with E-state index in [-0.39, 0.29) is 105 Å². The molecule has 0 aliphatic heterocycles. The van der Waals surface area contributed by atoms with Gasteiger partial charge in [-0.3, -0.25) is 0 Å². The van der Waals surface area contributed by atoms with Crippen LogP contribution >= 0.6 is 0 Å². The monoisotopic (exact) mass is 792 g/mol. The molecule has 0 aromatic carbocycles. The molecule has 0 nitrogen and oxygen atoms in total. The zero-order chi connectivity index (χ0) is 0. The molecule has 4 heavy (non-hydrogen) atoms. The average molecular weight is 809 g/mol. The third-order valence-electron chi connectivity index (χ3n) is 0. The maximum absolute atomic E-state index is 0. The third kappa shape index (κ3) is 9.09. The molecule has 0 aliphatic carbocycles. The van der Waals surface area contributed by atoms with E-state index in [4.69, 9.17) is 0 Å². The van der Waals surface area contributed by atoms with Crippen LogP contribution < -0.4 is 0 Å². The van der Waals surface area contributed by atoms with Crippen molar-refractivity contribution in [1.29, 1.82) is 0 Å². The molecule has 0 spiro atoms. The maximum atomic E-state index is 0. The van der Waals surface area contributed by atoms with Crippen molar-refractivity contribution in [3.8, 4) is 0 Å². The molecule has 0 aromatic rings. The van der Waals surface area contributed by atoms with Crippen molar-refractivity contribution in [2.45, 2.75) is 0 Å². The number of hydrogen-bond donors (Lipinski definition) is 0. The van der Waals surface area contributed by atoms with Gasteiger partial charge in [0.2, 0.25) is 0 Å². The van der Waals surface area contributed by atoms with Crippen molar-refractivity contribution < 1.29 is 87.5 Å². The molecule has 0 radical (unpaired) electrons. The number of hydrogen-bond acceptors (Lipinski definition) is 0. The molecule has 26 valence electrons. The van der Waals surface area contributed by atoms with Crippen LogP contribution in [0.3, 0.4) is 0 Å². The van der Waals surface area contributed by atoms with E-state index in [2.05, 4.69) is 0 Å². The molecule has 0 saturated heterocycles. The van der Waals surface area contributed by atoms with E-state index < -0.39 is 0 Å². The van der Waals surface area contributed by atoms with Crippen LogP contribution in [0.15, 0.2) is 0 Å². The molecule has 4 heteroatoms. The second-order valence-electron chi connectivity index (χ2n) is 0. The minimum atomic E-state index is 0. The van der Waals surface area contributed by atoms with E-state index in [0.29, 0.717) is 0 Å². The Morgan fingerprint density at radius 1 is 0.500 bits per heavy atom. The summed E-state index contributed by atoms with van der Waals surface area (Å²) >= 11 is 0. The summed E-state index contributed by atoms with van der Waals surface area (Å²) in [6.45, 7) is 0. The zero-order valence-electron chi connectivity index (χ0n) is 1.22. The van der Waals surface area contributed by atoms with Crippen molar-refractivity contribution in [2.24, 2.45) is 0 Å². The fourth-order valence-electron chi connectivity index (χ4n) is 0. The SMILES string of the molecule is [GeH4].[Pu].[Pu].[Pu]. The van der Waals surface area contributed by atoms with Crippen LogP contribution in [-0.2, 0) is 0 Å². The predicted octanol–water partition coefficient (Wildman–Crippen LogP) is -1.45. The van der Waals surface area contributed by atoms with Gasteiger partial charge in [-0.25, -0.2) is 0 Å². The van der Waals surface area contributed by atoms with Gasteiger partial charge in [0, 0.05) is 87.5 Å². The Balaban J connectivity index is 0. The maximum Gasteiger partial charge on any atom is 0 e. The average Bonchev–Trinajstić information content (AvgIpc) is 0. The molecule has 0 N–H and O–H groups in total. The molecule has 0 aliphatic rings. The quantitative estimate of drug-likeness (QED) is 0.264. The van der Waals surface area contributed by atoms with Gasteiger partial charge in [-0.15, -0.1) is 0 Å². The summed E-state index contributed by atoms with van der Waals surface area (Å²) in [6, 6.07) is 0. The topological polar surface area (TPSA) is 0 Å². The van der Waals surface area contributed by atoms with Gasteiger partial charge in [0.15, 0.2) is 0 Å². The number of rotatable bonds is 0. The van der Waals surface area contributed by atoms with Crippen LogP contribution in [0.4, 0.5) is 0 Å². The molecule has 0 heterocycles. The first-order valence-electron chi connectivity index (χ1n) is 0. The molecule has 0 atom stereocenters. The Bertz CT molecular complexity index is 3.25. The summed E-state index contributed by atoms with van der Waals surface area (Å²) in [4.78, 5) is 0. The predicted molar refractivity (Wildman–Crippen MR) is 11.3 cm³/mol. The fraction of sp³-hybridized carbons (Fsp3) is 0. The van der Waals surface area contributed by atoms with E-state index in [9.17, 15) is 0 Å². The second-order valence-corrected chi connectivity index (χ2v) is 0. The van der Waals surface area contributed by atoms with Gasteiger partial charge < -0.3 is 0 Å². The van der Waals surface area contributed by atoms with Gasteiger partial charge in [0.05, 0.1) is 0 Å². The Morgan fingerprint density at radius 3 is 0.500 bits per heavy atom. The molecule has 0 unspecified atom stereocenters. The summed E-state index contributed by atoms with van der Waals surface area (Å²) in [5.74, 6) is 0. The minimum Gasteiger partial charge on any atom is 0 e. The van der Waals surface area contributed by atoms with Crippen LogP contribution in [0.25, 0.3) is 0 Å². The third-order valence-corrected chi connectivity index (χ3v) is 0. The normalized spacial score (nSPS) is 0. The first-order valence-corrected chi connectivity index (χ1v) is 0. The van der Waals surface area contributed by atoms with Gasteiger partial charge in [0.25, 0.3) is 0 Å². The van der Waals surface area contributed by atoms with Gasteiger partial charge >= 0.3 is 17.6 Å². The van der Waals surface area contributed by atoms with E-state index in [1.165, 1.54) is 0 Å². The summed E-state index contributed by atoms with van der Waals surface area (Å²) < 4.78 is 0. The summed E-state index contributed by atoms with van der Waals surface area (Å²) in [6.07, 6.45) is 0. The van der Waals surface area contributed by atoms with E-state index in [1.54, 1.807) is 0 Å². The largest absolute Gasteiger partial charge is 0 e. The smallest absolute Gasteiger partial charge is 0 e. The molecule has 0 aromatic heterocycles. The van der Waals surface area contributed by atoms with Crippen LogP contribution in [0.2, 0.25) is 0 Å². The van der Waals surface area contributed by atoms with Crippen LogP contribution in [0, 0.1) is 87.5 Å². The molecule has 0 bridgehead atoms. The van der Waals surface area contributed by atoms with Crippen molar-refractivity contribution in [1.82, 2.24) is 0 Å². The summed E-state index contributed by atoms with van der Waals surface area (Å²) in [5, 5.41) is 0. The van der Waals surface area contributed by atoms with Crippen LogP contribution in [0.1, 0.15) is 0 Å². The van der Waals surface area contributed by atoms with Crippen LogP contribution in [-0.4, -0.2) is 17.6 Å². The minimum absolute atomic E-state index is 0. The van der Waals surface area contributed by atoms with Gasteiger partial charge in [-0.05, 0) is 0 Å². The summed E-state index contributed by atoms with van der Waals surface area (Å²) in [5.41, 5.74) is 0. The van der Waals surface area contributed by atoms with Gasteiger partial charge in [-0.1, -0.05) is 0 Å². The molecule has 0 amide bonds. The first kappa shape index (κ1) is 25.9. The van der Waals surface area contributed by atoms with E-state index in [1.807, 2.05) is 0 Å². The molecular weight excluding hydrogens is 805 g/mol. The Kier molecular flexibility index (Phi) is 104. The van der Waals surface area contributed by atoms with E-state index in [0.717, 1.165) is 0 Å². The van der Waals surface area contributed by atoms with E-state index >= 15 is 0 Å². The Labute approximate surface area is 103 Å². The van der Waals surface area contributed by atoms with Crippen molar-refractivity contribution in [2.75, 3.05) is 0 Å². The Hall–Kier alpha value is 3.50. The zero-order valence-corrected chi connectivity index (χ0v) is 11.4. The fourth-order valence-corrected chi connectivity index (χ4v) is 0. The standard InChI is InChI=1S/GeH4.3Pu/h1H4;;;. The molecule has 0 fully saturated rings. The van der Waals surface area contributed by atoms with Crippen molar-refractivity contribution in [3.05, 3.63) is 0 Å². The van der Waals surface area contributed by atoms with Crippen LogP contribution in [0.5, 0.6) is 0 Å². The molecular formula is H4GePu3. The molecule has 0 saturated carbocycles. The summed E-state index contributed by atoms with van der Waals surface area (Å²) in [7, 11) is 0. The Morgan fingerprint density at radius 2 is 0.500 bits per heavy atom. The molecule has 0 rings (SSSR count). The van der Waals surface area contributed by atoms with Gasteiger partial charge in [-0.2, -0.15) is 0 Å². The van der Waals surface area contributed by atoms with Crippen molar-refractivity contribution >= 4 is 17.6 Å². The van der Waals surface area contributed by atoms with Gasteiger partial charge in [0.1, 0.15) is 0 Å². The first-order chi connectivity index (χ1) is 0. The van der Waals surface area contributed by atoms with Crippen molar-refractivity contribution in [3.63, 3.8) is 0 Å².